The van der Waals surface area contributed by atoms with Gasteiger partial charge in [0.2, 0.25) is 0 Å². The van der Waals surface area contributed by atoms with Crippen LogP contribution in [0.2, 0.25) is 0 Å². The summed E-state index contributed by atoms with van der Waals surface area (Å²) in [6.45, 7) is 6.37. The molecule has 0 bridgehead atoms. The zero-order chi connectivity index (χ0) is 14.0. The Kier molecular flexibility index (Phi) is 3.82. The summed E-state index contributed by atoms with van der Waals surface area (Å²) >= 11 is 2.79. The van der Waals surface area contributed by atoms with Gasteiger partial charge < -0.3 is 5.11 Å². The van der Waals surface area contributed by atoms with Gasteiger partial charge in [0.25, 0.3) is 0 Å². The smallest absolute Gasteiger partial charge is 0.347 e. The van der Waals surface area contributed by atoms with Crippen LogP contribution in [0.5, 0.6) is 0 Å². The first-order chi connectivity index (χ1) is 8.86. The van der Waals surface area contributed by atoms with Gasteiger partial charge in [0.05, 0.1) is 11.2 Å². The maximum atomic E-state index is 10.7. The number of carbonyl (C=O) groups is 1. The monoisotopic (exact) mass is 294 g/mol. The van der Waals surface area contributed by atoms with Crippen LogP contribution in [0.4, 0.5) is 0 Å². The Morgan fingerprint density at radius 1 is 1.21 bits per heavy atom. The third-order valence-electron chi connectivity index (χ3n) is 2.29. The normalized spacial score (nSPS) is 12.2. The molecule has 0 aromatic carbocycles. The lowest BCUT2D eigenvalue weighted by molar-refractivity contribution is 0.0702. The van der Waals surface area contributed by atoms with Gasteiger partial charge in [0.1, 0.15) is 9.88 Å². The summed E-state index contributed by atoms with van der Waals surface area (Å²) in [4.78, 5) is 20.5. The van der Waals surface area contributed by atoms with Crippen molar-refractivity contribution in [2.45, 2.75) is 26.2 Å². The predicted octanol–water partition coefficient (Wildman–Crippen LogP) is 3.77. The molecule has 2 aromatic heterocycles. The SMILES string of the molecule is CC(C)(C)c1ncc(/C=C/c2ncc(C(=O)O)s2)s1. The molecule has 0 radical (unpaired) electrons. The fraction of sp³-hybridized carbons (Fsp3) is 0.308. The molecule has 4 nitrogen and oxygen atoms in total. The molecule has 0 atom stereocenters. The number of carboxylic acids is 1. The molecule has 0 aliphatic rings. The van der Waals surface area contributed by atoms with E-state index in [1.54, 1.807) is 11.3 Å². The maximum Gasteiger partial charge on any atom is 0.347 e. The summed E-state index contributed by atoms with van der Waals surface area (Å²) in [5, 5.41) is 10.6. The second-order valence-corrected chi connectivity index (χ2v) is 7.14. The van der Waals surface area contributed by atoms with Crippen molar-refractivity contribution in [3.63, 3.8) is 0 Å². The van der Waals surface area contributed by atoms with Crippen molar-refractivity contribution in [3.05, 3.63) is 32.2 Å². The summed E-state index contributed by atoms with van der Waals surface area (Å²) in [7, 11) is 0. The van der Waals surface area contributed by atoms with Crippen molar-refractivity contribution in [3.8, 4) is 0 Å². The molecule has 0 fully saturated rings. The van der Waals surface area contributed by atoms with E-state index in [0.29, 0.717) is 5.01 Å². The number of carboxylic acid groups (broad SMARTS) is 1. The van der Waals surface area contributed by atoms with Crippen LogP contribution in [0.1, 0.15) is 45.3 Å². The van der Waals surface area contributed by atoms with Crippen LogP contribution in [-0.2, 0) is 5.41 Å². The van der Waals surface area contributed by atoms with E-state index in [-0.39, 0.29) is 10.3 Å². The average Bonchev–Trinajstić information content (AvgIpc) is 2.95. The van der Waals surface area contributed by atoms with E-state index in [2.05, 4.69) is 30.7 Å². The van der Waals surface area contributed by atoms with E-state index in [1.165, 1.54) is 6.20 Å². The van der Waals surface area contributed by atoms with Gasteiger partial charge in [-0.05, 0) is 12.2 Å². The van der Waals surface area contributed by atoms with Gasteiger partial charge in [-0.2, -0.15) is 0 Å². The number of nitrogens with zero attached hydrogens (tertiary/aromatic N) is 2. The second kappa shape index (κ2) is 5.22. The van der Waals surface area contributed by atoms with Gasteiger partial charge >= 0.3 is 5.97 Å². The van der Waals surface area contributed by atoms with Crippen molar-refractivity contribution < 1.29 is 9.90 Å². The molecular weight excluding hydrogens is 280 g/mol. The molecule has 2 aromatic rings. The Labute approximate surface area is 119 Å². The Morgan fingerprint density at radius 3 is 2.47 bits per heavy atom. The number of aromatic carboxylic acids is 1. The van der Waals surface area contributed by atoms with Crippen LogP contribution in [0.15, 0.2) is 12.4 Å². The Morgan fingerprint density at radius 2 is 1.95 bits per heavy atom. The molecule has 1 N–H and O–H groups in total. The van der Waals surface area contributed by atoms with Gasteiger partial charge in [-0.3, -0.25) is 0 Å². The highest BCUT2D eigenvalue weighted by atomic mass is 32.1. The molecule has 6 heteroatoms. The molecule has 2 heterocycles. The van der Waals surface area contributed by atoms with E-state index >= 15 is 0 Å². The highest BCUT2D eigenvalue weighted by Gasteiger charge is 2.17. The van der Waals surface area contributed by atoms with Crippen molar-refractivity contribution in [2.75, 3.05) is 0 Å². The molecule has 0 saturated heterocycles. The minimum Gasteiger partial charge on any atom is -0.477 e. The molecule has 2 rings (SSSR count). The number of aromatic nitrogens is 2. The van der Waals surface area contributed by atoms with Crippen molar-refractivity contribution in [1.29, 1.82) is 0 Å². The number of hydrogen-bond acceptors (Lipinski definition) is 5. The standard InChI is InChI=1S/C13H14N2O2S2/c1-13(2,3)12-15-6-8(18-12)4-5-10-14-7-9(19-10)11(16)17/h4-7H,1-3H3,(H,16,17)/b5-4+. The zero-order valence-corrected chi connectivity index (χ0v) is 12.5. The summed E-state index contributed by atoms with van der Waals surface area (Å²) in [6.07, 6.45) is 6.93. The summed E-state index contributed by atoms with van der Waals surface area (Å²) in [5.41, 5.74) is 0.0500. The molecule has 100 valence electrons. The highest BCUT2D eigenvalue weighted by molar-refractivity contribution is 7.14. The first kappa shape index (κ1) is 13.9. The molecule has 19 heavy (non-hydrogen) atoms. The summed E-state index contributed by atoms with van der Waals surface area (Å²) < 4.78 is 0. The molecule has 0 amide bonds. The van der Waals surface area contributed by atoms with Crippen LogP contribution in [0, 0.1) is 0 Å². The van der Waals surface area contributed by atoms with Gasteiger partial charge in [-0.1, -0.05) is 20.8 Å². The van der Waals surface area contributed by atoms with E-state index in [1.807, 2.05) is 18.3 Å². The molecule has 0 saturated carbocycles. The fourth-order valence-electron chi connectivity index (χ4n) is 1.33. The quantitative estimate of drug-likeness (QED) is 0.936. The van der Waals surface area contributed by atoms with Crippen molar-refractivity contribution in [2.24, 2.45) is 0 Å². The minimum absolute atomic E-state index is 0.0500. The van der Waals surface area contributed by atoms with Crippen LogP contribution in [-0.4, -0.2) is 21.0 Å². The molecule has 0 spiro atoms. The van der Waals surface area contributed by atoms with Crippen LogP contribution in [0.3, 0.4) is 0 Å². The van der Waals surface area contributed by atoms with E-state index in [0.717, 1.165) is 21.2 Å². The second-order valence-electron chi connectivity index (χ2n) is 5.02. The van der Waals surface area contributed by atoms with Gasteiger partial charge in [0.15, 0.2) is 0 Å². The molecular formula is C13H14N2O2S2. The maximum absolute atomic E-state index is 10.7. The molecule has 0 aliphatic heterocycles. The van der Waals surface area contributed by atoms with Gasteiger partial charge in [-0.15, -0.1) is 22.7 Å². The molecule has 0 aliphatic carbocycles. The Balaban J connectivity index is 2.14. The van der Waals surface area contributed by atoms with Gasteiger partial charge in [-0.25, -0.2) is 14.8 Å². The lowest BCUT2D eigenvalue weighted by Crippen LogP contribution is -2.09. The third kappa shape index (κ3) is 3.48. The van der Waals surface area contributed by atoms with E-state index < -0.39 is 5.97 Å². The van der Waals surface area contributed by atoms with Crippen molar-refractivity contribution >= 4 is 40.8 Å². The van der Waals surface area contributed by atoms with Crippen molar-refractivity contribution in [1.82, 2.24) is 9.97 Å². The van der Waals surface area contributed by atoms with E-state index in [9.17, 15) is 4.79 Å². The highest BCUT2D eigenvalue weighted by Crippen LogP contribution is 2.28. The first-order valence-electron chi connectivity index (χ1n) is 5.70. The third-order valence-corrected chi connectivity index (χ3v) is 4.63. The summed E-state index contributed by atoms with van der Waals surface area (Å²) in [6, 6.07) is 0. The lowest BCUT2D eigenvalue weighted by atomic mass is 9.98. The minimum atomic E-state index is -0.940. The topological polar surface area (TPSA) is 63.1 Å². The number of thiazole rings is 2. The Hall–Kier alpha value is -1.53. The van der Waals surface area contributed by atoms with Gasteiger partial charge in [0, 0.05) is 16.5 Å². The molecule has 0 unspecified atom stereocenters. The first-order valence-corrected chi connectivity index (χ1v) is 7.33. The summed E-state index contributed by atoms with van der Waals surface area (Å²) in [5.74, 6) is -0.940. The number of hydrogen-bond donors (Lipinski definition) is 1. The van der Waals surface area contributed by atoms with Crippen LogP contribution in [0.25, 0.3) is 12.2 Å². The fourth-order valence-corrected chi connectivity index (χ4v) is 2.86. The zero-order valence-electron chi connectivity index (χ0n) is 10.9. The average molecular weight is 294 g/mol. The Bertz CT molecular complexity index is 621. The van der Waals surface area contributed by atoms with Crippen LogP contribution >= 0.6 is 22.7 Å². The largest absolute Gasteiger partial charge is 0.477 e. The lowest BCUT2D eigenvalue weighted by Gasteiger charge is -2.13. The number of rotatable bonds is 3. The van der Waals surface area contributed by atoms with E-state index in [4.69, 9.17) is 5.11 Å². The predicted molar refractivity (Wildman–Crippen MR) is 78.8 cm³/mol. The van der Waals surface area contributed by atoms with Crippen LogP contribution < -0.4 is 0 Å².